The first-order valence-corrected chi connectivity index (χ1v) is 10.8. The fraction of sp³-hybridized carbons (Fsp3) is 0.444. The van der Waals surface area contributed by atoms with Crippen LogP contribution in [0.4, 0.5) is 11.5 Å². The molecule has 2 aromatic rings. The van der Waals surface area contributed by atoms with E-state index in [9.17, 15) is 13.2 Å². The van der Waals surface area contributed by atoms with Gasteiger partial charge in [0.25, 0.3) is 5.91 Å². The minimum atomic E-state index is -3.64. The highest BCUT2D eigenvalue weighted by Gasteiger charge is 2.28. The topological polar surface area (TPSA) is 108 Å². The van der Waals surface area contributed by atoms with E-state index in [1.54, 1.807) is 12.3 Å². The molecular weight excluding hydrogens is 382 g/mol. The number of rotatable bonds is 5. The van der Waals surface area contributed by atoms with Gasteiger partial charge in [0.2, 0.25) is 10.0 Å². The number of pyridine rings is 1. The van der Waals surface area contributed by atoms with Crippen molar-refractivity contribution in [1.82, 2.24) is 14.3 Å². The zero-order valence-electron chi connectivity index (χ0n) is 15.4. The van der Waals surface area contributed by atoms with Gasteiger partial charge in [-0.2, -0.15) is 4.31 Å². The molecule has 4 heterocycles. The highest BCUT2D eigenvalue weighted by atomic mass is 32.2. The average Bonchev–Trinajstić information content (AvgIpc) is 3.42. The fourth-order valence-corrected chi connectivity index (χ4v) is 4.80. The smallest absolute Gasteiger partial charge is 0.273 e. The van der Waals surface area contributed by atoms with Crippen LogP contribution in [0.3, 0.4) is 0 Å². The van der Waals surface area contributed by atoms with Gasteiger partial charge in [-0.25, -0.2) is 13.4 Å². The Kier molecular flexibility index (Phi) is 5.33. The third kappa shape index (κ3) is 3.89. The number of ether oxygens (including phenoxy) is 1. The highest BCUT2D eigenvalue weighted by molar-refractivity contribution is 7.89. The summed E-state index contributed by atoms with van der Waals surface area (Å²) in [6.07, 6.45) is 5.44. The molecule has 1 amide bonds. The molecule has 0 unspecified atom stereocenters. The number of morpholine rings is 1. The first-order valence-electron chi connectivity index (χ1n) is 9.33. The van der Waals surface area contributed by atoms with Crippen molar-refractivity contribution in [3.05, 3.63) is 36.3 Å². The summed E-state index contributed by atoms with van der Waals surface area (Å²) in [5.41, 5.74) is 1.20. The third-order valence-electron chi connectivity index (χ3n) is 4.97. The Hall–Kier alpha value is -2.43. The van der Waals surface area contributed by atoms with Crippen LogP contribution in [0.2, 0.25) is 0 Å². The molecule has 0 aliphatic carbocycles. The summed E-state index contributed by atoms with van der Waals surface area (Å²) >= 11 is 0. The van der Waals surface area contributed by atoms with E-state index in [2.05, 4.69) is 20.2 Å². The van der Waals surface area contributed by atoms with Gasteiger partial charge in [-0.1, -0.05) is 0 Å². The van der Waals surface area contributed by atoms with Gasteiger partial charge in [-0.05, 0) is 31.0 Å². The second-order valence-electron chi connectivity index (χ2n) is 6.82. The first kappa shape index (κ1) is 18.9. The van der Waals surface area contributed by atoms with Crippen molar-refractivity contribution in [3.8, 4) is 0 Å². The minimum Gasteiger partial charge on any atom is -0.379 e. The van der Waals surface area contributed by atoms with Crippen LogP contribution in [0, 0.1) is 0 Å². The molecule has 0 atom stereocenters. The predicted octanol–water partition coefficient (Wildman–Crippen LogP) is 1.28. The second kappa shape index (κ2) is 7.90. The number of anilines is 2. The largest absolute Gasteiger partial charge is 0.379 e. The van der Waals surface area contributed by atoms with Gasteiger partial charge in [0.15, 0.2) is 0 Å². The lowest BCUT2D eigenvalue weighted by Crippen LogP contribution is -2.40. The Balaban J connectivity index is 1.43. The number of hydrogen-bond donors (Lipinski definition) is 2. The molecule has 9 nitrogen and oxygen atoms in total. The molecule has 4 rings (SSSR count). The van der Waals surface area contributed by atoms with Crippen LogP contribution in [0.25, 0.3) is 0 Å². The van der Waals surface area contributed by atoms with E-state index in [0.717, 1.165) is 18.8 Å². The summed E-state index contributed by atoms with van der Waals surface area (Å²) in [7, 11) is -3.64. The van der Waals surface area contributed by atoms with Crippen molar-refractivity contribution < 1.29 is 17.9 Å². The number of nitrogens with one attached hydrogen (secondary N) is 2. The van der Waals surface area contributed by atoms with E-state index in [0.29, 0.717) is 32.1 Å². The standard InChI is InChI=1S/C18H23N5O4S/c24-18(21-17-4-3-14(12-20-17)22-5-1-2-6-22)16-11-15(13-19-16)28(25,26)23-7-9-27-10-8-23/h3-4,11-13,19H,1-2,5-10H2,(H,20,21,24). The van der Waals surface area contributed by atoms with Crippen LogP contribution in [-0.2, 0) is 14.8 Å². The minimum absolute atomic E-state index is 0.0666. The average molecular weight is 405 g/mol. The molecule has 0 aromatic carbocycles. The molecule has 10 heteroatoms. The SMILES string of the molecule is O=C(Nc1ccc(N2CCCC2)cn1)c1cc(S(=O)(=O)N2CCOCC2)c[nH]1. The van der Waals surface area contributed by atoms with Crippen LogP contribution in [0.15, 0.2) is 35.5 Å². The normalized spacial score (nSPS) is 18.4. The lowest BCUT2D eigenvalue weighted by Gasteiger charge is -2.25. The van der Waals surface area contributed by atoms with E-state index >= 15 is 0 Å². The molecule has 28 heavy (non-hydrogen) atoms. The maximum Gasteiger partial charge on any atom is 0.273 e. The number of hydrogen-bond acceptors (Lipinski definition) is 6. The third-order valence-corrected chi connectivity index (χ3v) is 6.85. The quantitative estimate of drug-likeness (QED) is 0.776. The van der Waals surface area contributed by atoms with Crippen LogP contribution in [0.1, 0.15) is 23.3 Å². The molecule has 0 spiro atoms. The Labute approximate surface area is 163 Å². The summed E-state index contributed by atoms with van der Waals surface area (Å²) < 4.78 is 31.8. The predicted molar refractivity (Wildman–Crippen MR) is 104 cm³/mol. The van der Waals surface area contributed by atoms with Crippen LogP contribution < -0.4 is 10.2 Å². The van der Waals surface area contributed by atoms with E-state index in [1.807, 2.05) is 6.07 Å². The van der Waals surface area contributed by atoms with Crippen molar-refractivity contribution in [2.45, 2.75) is 17.7 Å². The number of aromatic amines is 1. The zero-order valence-corrected chi connectivity index (χ0v) is 16.2. The zero-order chi connectivity index (χ0) is 19.6. The fourth-order valence-electron chi connectivity index (χ4n) is 3.40. The summed E-state index contributed by atoms with van der Waals surface area (Å²) in [6, 6.07) is 5.02. The molecule has 0 bridgehead atoms. The van der Waals surface area contributed by atoms with Crippen molar-refractivity contribution >= 4 is 27.4 Å². The second-order valence-corrected chi connectivity index (χ2v) is 8.75. The number of aromatic nitrogens is 2. The Morgan fingerprint density at radius 2 is 1.89 bits per heavy atom. The van der Waals surface area contributed by atoms with Gasteiger partial charge in [0.05, 0.1) is 25.1 Å². The summed E-state index contributed by atoms with van der Waals surface area (Å²) in [4.78, 5) is 21.8. The van der Waals surface area contributed by atoms with E-state index < -0.39 is 15.9 Å². The van der Waals surface area contributed by atoms with Gasteiger partial charge >= 0.3 is 0 Å². The summed E-state index contributed by atoms with van der Waals surface area (Å²) in [5.74, 6) is -0.0232. The first-order chi connectivity index (χ1) is 13.5. The number of carbonyl (C=O) groups excluding carboxylic acids is 1. The van der Waals surface area contributed by atoms with Gasteiger partial charge in [0.1, 0.15) is 16.4 Å². The van der Waals surface area contributed by atoms with Crippen LogP contribution in [-0.4, -0.2) is 68.0 Å². The molecular formula is C18H23N5O4S. The molecule has 2 fully saturated rings. The molecule has 0 radical (unpaired) electrons. The number of H-pyrrole nitrogens is 1. The molecule has 0 saturated carbocycles. The van der Waals surface area contributed by atoms with E-state index in [1.165, 1.54) is 29.4 Å². The summed E-state index contributed by atoms with van der Waals surface area (Å²) in [6.45, 7) is 3.41. The number of carbonyl (C=O) groups is 1. The van der Waals surface area contributed by atoms with Crippen molar-refractivity contribution in [2.24, 2.45) is 0 Å². The maximum absolute atomic E-state index is 12.6. The van der Waals surface area contributed by atoms with Crippen LogP contribution in [0.5, 0.6) is 0 Å². The molecule has 150 valence electrons. The molecule has 2 aliphatic heterocycles. The van der Waals surface area contributed by atoms with Gasteiger partial charge in [0, 0.05) is 32.4 Å². The maximum atomic E-state index is 12.6. The number of sulfonamides is 1. The molecule has 2 aliphatic rings. The number of amides is 1. The van der Waals surface area contributed by atoms with Crippen molar-refractivity contribution in [3.63, 3.8) is 0 Å². The highest BCUT2D eigenvalue weighted by Crippen LogP contribution is 2.21. The lowest BCUT2D eigenvalue weighted by atomic mass is 10.3. The summed E-state index contributed by atoms with van der Waals surface area (Å²) in [5, 5.41) is 2.69. The molecule has 2 N–H and O–H groups in total. The van der Waals surface area contributed by atoms with Gasteiger partial charge < -0.3 is 19.9 Å². The van der Waals surface area contributed by atoms with E-state index in [4.69, 9.17) is 4.74 Å². The van der Waals surface area contributed by atoms with Gasteiger partial charge in [-0.3, -0.25) is 4.79 Å². The Morgan fingerprint density at radius 3 is 2.57 bits per heavy atom. The van der Waals surface area contributed by atoms with Crippen LogP contribution >= 0.6 is 0 Å². The Bertz CT molecular complexity index is 929. The monoisotopic (exact) mass is 405 g/mol. The van der Waals surface area contributed by atoms with Crippen molar-refractivity contribution in [1.29, 1.82) is 0 Å². The van der Waals surface area contributed by atoms with Crippen molar-refractivity contribution in [2.75, 3.05) is 49.6 Å². The van der Waals surface area contributed by atoms with Gasteiger partial charge in [-0.15, -0.1) is 0 Å². The Morgan fingerprint density at radius 1 is 1.14 bits per heavy atom. The van der Waals surface area contributed by atoms with E-state index in [-0.39, 0.29) is 10.6 Å². The molecule has 2 saturated heterocycles. The number of nitrogens with zero attached hydrogens (tertiary/aromatic N) is 3. The molecule has 2 aromatic heterocycles. The lowest BCUT2D eigenvalue weighted by molar-refractivity contribution is 0.0730.